The van der Waals surface area contributed by atoms with Gasteiger partial charge in [-0.1, -0.05) is 42.5 Å². The Morgan fingerprint density at radius 1 is 1.10 bits per heavy atom. The van der Waals surface area contributed by atoms with Gasteiger partial charge in [-0.25, -0.2) is 9.78 Å². The average molecular weight is 411 g/mol. The predicted molar refractivity (Wildman–Crippen MR) is 117 cm³/mol. The lowest BCUT2D eigenvalue weighted by Gasteiger charge is -2.25. The van der Waals surface area contributed by atoms with E-state index in [-0.39, 0.29) is 18.0 Å². The lowest BCUT2D eigenvalue weighted by Crippen LogP contribution is -2.26. The first-order chi connectivity index (χ1) is 15.1. The number of carbonyl (C=O) groups is 2. The lowest BCUT2D eigenvalue weighted by molar-refractivity contribution is 0.0252. The summed E-state index contributed by atoms with van der Waals surface area (Å²) in [6.07, 6.45) is 0.191. The summed E-state index contributed by atoms with van der Waals surface area (Å²) >= 11 is 0. The number of ether oxygens (including phenoxy) is 1. The maximum Gasteiger partial charge on any atom is 0.339 e. The molecule has 6 nitrogen and oxygen atoms in total. The standard InChI is InChI=1S/C25H21N3O3/c1-28-21-10-6-5-9-20(21)27-23(28)15-26-24(29)17-11-12-19-18(13-17)14-22(31-25(19)30)16-7-3-2-4-8-16/h2-13,22H,14-15H2,1H3,(H,26,29)/t22-/m1/s1. The Hall–Kier alpha value is -3.93. The molecule has 4 aromatic rings. The van der Waals surface area contributed by atoms with E-state index < -0.39 is 0 Å². The molecule has 1 aliphatic rings. The summed E-state index contributed by atoms with van der Waals surface area (Å²) in [7, 11) is 1.94. The van der Waals surface area contributed by atoms with Gasteiger partial charge in [-0.05, 0) is 41.5 Å². The maximum atomic E-state index is 12.8. The van der Waals surface area contributed by atoms with Crippen LogP contribution in [0.5, 0.6) is 0 Å². The van der Waals surface area contributed by atoms with Crippen LogP contribution in [0.4, 0.5) is 0 Å². The van der Waals surface area contributed by atoms with Gasteiger partial charge in [-0.3, -0.25) is 4.79 Å². The fourth-order valence-corrected chi connectivity index (χ4v) is 4.01. The van der Waals surface area contributed by atoms with Crippen molar-refractivity contribution in [1.29, 1.82) is 0 Å². The smallest absolute Gasteiger partial charge is 0.339 e. The van der Waals surface area contributed by atoms with Gasteiger partial charge in [-0.2, -0.15) is 0 Å². The summed E-state index contributed by atoms with van der Waals surface area (Å²) in [6, 6.07) is 22.6. The third kappa shape index (κ3) is 3.57. The van der Waals surface area contributed by atoms with Crippen LogP contribution in [0.25, 0.3) is 11.0 Å². The number of esters is 1. The van der Waals surface area contributed by atoms with Crippen molar-refractivity contribution >= 4 is 22.9 Å². The Morgan fingerprint density at radius 3 is 2.68 bits per heavy atom. The zero-order chi connectivity index (χ0) is 21.4. The number of hydrogen-bond donors (Lipinski definition) is 1. The molecule has 0 unspecified atom stereocenters. The monoisotopic (exact) mass is 411 g/mol. The fourth-order valence-electron chi connectivity index (χ4n) is 4.01. The Morgan fingerprint density at radius 2 is 1.87 bits per heavy atom. The summed E-state index contributed by atoms with van der Waals surface area (Å²) < 4.78 is 7.57. The predicted octanol–water partition coefficient (Wildman–Crippen LogP) is 3.96. The van der Waals surface area contributed by atoms with Gasteiger partial charge >= 0.3 is 5.97 Å². The van der Waals surface area contributed by atoms with Gasteiger partial charge in [0.25, 0.3) is 5.91 Å². The minimum absolute atomic E-state index is 0.204. The van der Waals surface area contributed by atoms with Crippen molar-refractivity contribution in [2.75, 3.05) is 0 Å². The van der Waals surface area contributed by atoms with Crippen LogP contribution in [-0.4, -0.2) is 21.4 Å². The summed E-state index contributed by atoms with van der Waals surface area (Å²) in [5.74, 6) is 0.215. The molecule has 0 spiro atoms. The van der Waals surface area contributed by atoms with Gasteiger partial charge in [0.05, 0.1) is 23.1 Å². The minimum atomic E-state index is -0.359. The molecule has 3 aromatic carbocycles. The first-order valence-corrected chi connectivity index (χ1v) is 10.2. The van der Waals surface area contributed by atoms with Gasteiger partial charge in [0.2, 0.25) is 0 Å². The van der Waals surface area contributed by atoms with E-state index in [0.717, 1.165) is 28.0 Å². The van der Waals surface area contributed by atoms with Gasteiger partial charge in [0.1, 0.15) is 11.9 Å². The highest BCUT2D eigenvalue weighted by atomic mass is 16.5. The summed E-state index contributed by atoms with van der Waals surface area (Å²) in [4.78, 5) is 29.8. The summed E-state index contributed by atoms with van der Waals surface area (Å²) in [5, 5.41) is 2.94. The number of para-hydroxylation sites is 2. The molecule has 0 bridgehead atoms. The van der Waals surface area contributed by atoms with Crippen molar-refractivity contribution in [3.05, 3.63) is 101 Å². The van der Waals surface area contributed by atoms with Crippen LogP contribution < -0.4 is 5.32 Å². The quantitative estimate of drug-likeness (QED) is 0.516. The van der Waals surface area contributed by atoms with E-state index >= 15 is 0 Å². The van der Waals surface area contributed by atoms with E-state index in [1.165, 1.54) is 0 Å². The number of cyclic esters (lactones) is 1. The molecule has 1 N–H and O–H groups in total. The highest BCUT2D eigenvalue weighted by molar-refractivity contribution is 5.97. The first-order valence-electron chi connectivity index (χ1n) is 10.2. The SMILES string of the molecule is Cn1c(CNC(=O)c2ccc3c(c2)C[C@H](c2ccccc2)OC3=O)nc2ccccc21. The van der Waals surface area contributed by atoms with E-state index in [4.69, 9.17) is 4.74 Å². The molecule has 0 radical (unpaired) electrons. The molecular weight excluding hydrogens is 390 g/mol. The molecule has 0 saturated heterocycles. The highest BCUT2D eigenvalue weighted by Crippen LogP contribution is 2.31. The number of aryl methyl sites for hydroxylation is 1. The Labute approximate surface area is 179 Å². The molecule has 6 heteroatoms. The van der Waals surface area contributed by atoms with Crippen molar-refractivity contribution < 1.29 is 14.3 Å². The molecular formula is C25H21N3O3. The molecule has 0 saturated carbocycles. The Bertz CT molecular complexity index is 1290. The first kappa shape index (κ1) is 19.1. The van der Waals surface area contributed by atoms with Crippen molar-refractivity contribution in [3.63, 3.8) is 0 Å². The van der Waals surface area contributed by atoms with Crippen molar-refractivity contribution in [2.24, 2.45) is 7.05 Å². The van der Waals surface area contributed by atoms with Crippen LogP contribution in [0.3, 0.4) is 0 Å². The number of hydrogen-bond acceptors (Lipinski definition) is 4. The van der Waals surface area contributed by atoms with Crippen molar-refractivity contribution in [2.45, 2.75) is 19.1 Å². The Kier molecular flexibility index (Phi) is 4.75. The van der Waals surface area contributed by atoms with E-state index in [1.807, 2.05) is 66.2 Å². The van der Waals surface area contributed by atoms with Crippen LogP contribution in [0, 0.1) is 0 Å². The Balaban J connectivity index is 1.34. The zero-order valence-corrected chi connectivity index (χ0v) is 17.0. The molecule has 0 fully saturated rings. The molecule has 0 aliphatic carbocycles. The van der Waals surface area contributed by atoms with Gasteiger partial charge in [0, 0.05) is 19.0 Å². The van der Waals surface area contributed by atoms with Crippen LogP contribution in [0.1, 0.15) is 43.8 Å². The van der Waals surface area contributed by atoms with Crippen molar-refractivity contribution in [3.8, 4) is 0 Å². The third-order valence-electron chi connectivity index (χ3n) is 5.70. The number of benzene rings is 3. The number of nitrogens with zero attached hydrogens (tertiary/aromatic N) is 2. The summed E-state index contributed by atoms with van der Waals surface area (Å²) in [5.41, 5.74) is 4.70. The van der Waals surface area contributed by atoms with Crippen LogP contribution >= 0.6 is 0 Å². The largest absolute Gasteiger partial charge is 0.454 e. The van der Waals surface area contributed by atoms with E-state index in [9.17, 15) is 9.59 Å². The van der Waals surface area contributed by atoms with Gasteiger partial charge in [0.15, 0.2) is 0 Å². The number of nitrogens with one attached hydrogen (secondary N) is 1. The molecule has 1 aliphatic heterocycles. The molecule has 1 aromatic heterocycles. The number of fused-ring (bicyclic) bond motifs is 2. The molecule has 31 heavy (non-hydrogen) atoms. The second-order valence-corrected chi connectivity index (χ2v) is 7.64. The molecule has 5 rings (SSSR count). The fraction of sp³-hybridized carbons (Fsp3) is 0.160. The number of carbonyl (C=O) groups excluding carboxylic acids is 2. The maximum absolute atomic E-state index is 12.8. The van der Waals surface area contributed by atoms with E-state index in [2.05, 4.69) is 10.3 Å². The van der Waals surface area contributed by atoms with Gasteiger partial charge < -0.3 is 14.6 Å². The number of rotatable bonds is 4. The molecule has 1 atom stereocenters. The van der Waals surface area contributed by atoms with E-state index in [0.29, 0.717) is 24.1 Å². The van der Waals surface area contributed by atoms with Crippen LogP contribution in [-0.2, 0) is 24.8 Å². The number of imidazole rings is 1. The van der Waals surface area contributed by atoms with Gasteiger partial charge in [-0.15, -0.1) is 0 Å². The molecule has 1 amide bonds. The second kappa shape index (κ2) is 7.72. The topological polar surface area (TPSA) is 73.2 Å². The average Bonchev–Trinajstić information content (AvgIpc) is 3.13. The van der Waals surface area contributed by atoms with Crippen LogP contribution in [0.15, 0.2) is 72.8 Å². The third-order valence-corrected chi connectivity index (χ3v) is 5.70. The molecule has 154 valence electrons. The summed E-state index contributed by atoms with van der Waals surface area (Å²) in [6.45, 7) is 0.315. The number of aromatic nitrogens is 2. The normalized spacial score (nSPS) is 15.4. The zero-order valence-electron chi connectivity index (χ0n) is 17.0. The minimum Gasteiger partial charge on any atom is -0.454 e. The second-order valence-electron chi connectivity index (χ2n) is 7.64. The lowest BCUT2D eigenvalue weighted by atomic mass is 9.93. The number of amides is 1. The van der Waals surface area contributed by atoms with Crippen LogP contribution in [0.2, 0.25) is 0 Å². The van der Waals surface area contributed by atoms with Crippen molar-refractivity contribution in [1.82, 2.24) is 14.9 Å². The highest BCUT2D eigenvalue weighted by Gasteiger charge is 2.28. The molecule has 2 heterocycles. The van der Waals surface area contributed by atoms with E-state index in [1.54, 1.807) is 18.2 Å².